The molecule has 132 valence electrons. The maximum Gasteiger partial charge on any atom is 0.414 e. The molecule has 0 bridgehead atoms. The highest BCUT2D eigenvalue weighted by Crippen LogP contribution is 2.37. The van der Waals surface area contributed by atoms with E-state index in [2.05, 4.69) is 41.1 Å². The molecule has 2 atom stereocenters. The molecule has 2 heterocycles. The number of anilines is 1. The van der Waals surface area contributed by atoms with E-state index in [-0.39, 0.29) is 0 Å². The van der Waals surface area contributed by atoms with E-state index in [4.69, 9.17) is 24.5 Å². The summed E-state index contributed by atoms with van der Waals surface area (Å²) >= 11 is 0. The normalized spacial score (nSPS) is 22.5. The van der Waals surface area contributed by atoms with Gasteiger partial charge in [0.15, 0.2) is 0 Å². The largest absolute Gasteiger partial charge is 0.492 e. The fourth-order valence-corrected chi connectivity index (χ4v) is 3.42. The molecule has 0 spiro atoms. The third kappa shape index (κ3) is 4.38. The first kappa shape index (κ1) is 18.1. The van der Waals surface area contributed by atoms with Crippen LogP contribution in [0.25, 0.3) is 0 Å². The van der Waals surface area contributed by atoms with Crippen molar-refractivity contribution in [2.75, 3.05) is 44.7 Å². The van der Waals surface area contributed by atoms with Crippen molar-refractivity contribution in [1.29, 1.82) is 0 Å². The first-order chi connectivity index (χ1) is 11.4. The van der Waals surface area contributed by atoms with Gasteiger partial charge >= 0.3 is 11.9 Å². The number of hydrogen-bond acceptors (Lipinski definition) is 5. The van der Waals surface area contributed by atoms with Gasteiger partial charge in [-0.15, -0.1) is 0 Å². The van der Waals surface area contributed by atoms with Crippen molar-refractivity contribution >= 4 is 17.6 Å². The van der Waals surface area contributed by atoms with E-state index < -0.39 is 11.9 Å². The SMILES string of the molecule is CCOc1ccccc1N1CC2CN(C)CC2C1.O=C(O)C(=O)O. The molecule has 24 heavy (non-hydrogen) atoms. The van der Waals surface area contributed by atoms with Crippen LogP contribution in [-0.2, 0) is 9.59 Å². The predicted octanol–water partition coefficient (Wildman–Crippen LogP) is 1.24. The summed E-state index contributed by atoms with van der Waals surface area (Å²) in [4.78, 5) is 23.2. The Bertz CT molecular complexity index is 566. The fourth-order valence-electron chi connectivity index (χ4n) is 3.42. The molecule has 2 unspecified atom stereocenters. The highest BCUT2D eigenvalue weighted by molar-refractivity contribution is 6.27. The Morgan fingerprint density at radius 1 is 1.08 bits per heavy atom. The fraction of sp³-hybridized carbons (Fsp3) is 0.529. The molecule has 7 heteroatoms. The number of fused-ring (bicyclic) bond motifs is 1. The Kier molecular flexibility index (Phi) is 6.03. The van der Waals surface area contributed by atoms with Gasteiger partial charge in [0.25, 0.3) is 0 Å². The second-order valence-electron chi connectivity index (χ2n) is 6.16. The molecule has 1 aromatic carbocycles. The van der Waals surface area contributed by atoms with Crippen LogP contribution < -0.4 is 9.64 Å². The first-order valence-electron chi connectivity index (χ1n) is 8.03. The Hall–Kier alpha value is -2.28. The topological polar surface area (TPSA) is 90.3 Å². The van der Waals surface area contributed by atoms with Crippen LogP contribution in [0.15, 0.2) is 24.3 Å². The van der Waals surface area contributed by atoms with Crippen LogP contribution in [0.1, 0.15) is 6.92 Å². The van der Waals surface area contributed by atoms with E-state index in [1.165, 1.54) is 31.9 Å². The molecule has 0 saturated carbocycles. The Morgan fingerprint density at radius 2 is 1.62 bits per heavy atom. The van der Waals surface area contributed by atoms with Crippen LogP contribution in [0.4, 0.5) is 5.69 Å². The van der Waals surface area contributed by atoms with E-state index in [1.807, 2.05) is 6.92 Å². The molecule has 2 saturated heterocycles. The van der Waals surface area contributed by atoms with E-state index in [0.29, 0.717) is 0 Å². The lowest BCUT2D eigenvalue weighted by Gasteiger charge is -2.23. The van der Waals surface area contributed by atoms with E-state index in [9.17, 15) is 0 Å². The second-order valence-corrected chi connectivity index (χ2v) is 6.16. The molecule has 2 N–H and O–H groups in total. The number of likely N-dealkylation sites (tertiary alicyclic amines) is 1. The van der Waals surface area contributed by atoms with Crippen molar-refractivity contribution in [2.45, 2.75) is 6.92 Å². The Labute approximate surface area is 141 Å². The zero-order valence-electron chi connectivity index (χ0n) is 14.0. The molecule has 2 fully saturated rings. The lowest BCUT2D eigenvalue weighted by molar-refractivity contribution is -0.159. The third-order valence-corrected chi connectivity index (χ3v) is 4.36. The van der Waals surface area contributed by atoms with Crippen LogP contribution in [0.3, 0.4) is 0 Å². The minimum Gasteiger partial charge on any atom is -0.492 e. The van der Waals surface area contributed by atoms with Crippen molar-refractivity contribution in [3.8, 4) is 5.75 Å². The number of rotatable bonds is 3. The number of carbonyl (C=O) groups is 2. The summed E-state index contributed by atoms with van der Waals surface area (Å²) < 4.78 is 5.74. The smallest absolute Gasteiger partial charge is 0.414 e. The van der Waals surface area contributed by atoms with Crippen LogP contribution in [0.2, 0.25) is 0 Å². The van der Waals surface area contributed by atoms with Gasteiger partial charge in [-0.05, 0) is 37.9 Å². The second kappa shape index (κ2) is 8.01. The highest BCUT2D eigenvalue weighted by atomic mass is 16.5. The number of ether oxygens (including phenoxy) is 1. The van der Waals surface area contributed by atoms with Crippen LogP contribution in [0, 0.1) is 11.8 Å². The summed E-state index contributed by atoms with van der Waals surface area (Å²) in [6.07, 6.45) is 0. The molecule has 0 radical (unpaired) electrons. The molecule has 2 aliphatic rings. The summed E-state index contributed by atoms with van der Waals surface area (Å²) in [7, 11) is 2.23. The number of para-hydroxylation sites is 2. The molecular weight excluding hydrogens is 312 g/mol. The zero-order valence-corrected chi connectivity index (χ0v) is 14.0. The molecule has 0 amide bonds. The van der Waals surface area contributed by atoms with Crippen LogP contribution in [0.5, 0.6) is 5.75 Å². The van der Waals surface area contributed by atoms with Gasteiger partial charge in [0.2, 0.25) is 0 Å². The van der Waals surface area contributed by atoms with Gasteiger partial charge < -0.3 is 24.7 Å². The first-order valence-corrected chi connectivity index (χ1v) is 8.03. The summed E-state index contributed by atoms with van der Waals surface area (Å²) in [6.45, 7) is 7.64. The predicted molar refractivity (Wildman–Crippen MR) is 89.6 cm³/mol. The van der Waals surface area contributed by atoms with Gasteiger partial charge in [0.1, 0.15) is 5.75 Å². The average Bonchev–Trinajstić information content (AvgIpc) is 3.06. The number of benzene rings is 1. The summed E-state index contributed by atoms with van der Waals surface area (Å²) in [5.41, 5.74) is 1.27. The monoisotopic (exact) mass is 336 g/mol. The molecular formula is C17H24N2O5. The maximum absolute atomic E-state index is 9.10. The number of nitrogens with zero attached hydrogens (tertiary/aromatic N) is 2. The van der Waals surface area contributed by atoms with E-state index in [0.717, 1.165) is 24.2 Å². The molecule has 0 aliphatic carbocycles. The molecule has 7 nitrogen and oxygen atoms in total. The van der Waals surface area contributed by atoms with Gasteiger partial charge in [-0.1, -0.05) is 12.1 Å². The Balaban J connectivity index is 0.000000301. The standard InChI is InChI=1S/C15H22N2O.C2H2O4/c1-3-18-15-7-5-4-6-14(15)17-10-12-8-16(2)9-13(12)11-17;3-1(4)2(5)6/h4-7,12-13H,3,8-11H2,1-2H3;(H,3,4)(H,5,6). The Morgan fingerprint density at radius 3 is 2.12 bits per heavy atom. The van der Waals surface area contributed by atoms with E-state index in [1.54, 1.807) is 0 Å². The van der Waals surface area contributed by atoms with Crippen molar-refractivity contribution in [3.63, 3.8) is 0 Å². The number of carboxylic acid groups (broad SMARTS) is 2. The molecule has 1 aromatic rings. The van der Waals surface area contributed by atoms with Gasteiger partial charge in [0, 0.05) is 26.2 Å². The number of hydrogen-bond donors (Lipinski definition) is 2. The minimum atomic E-state index is -1.82. The van der Waals surface area contributed by atoms with Crippen LogP contribution in [-0.4, -0.2) is 66.9 Å². The van der Waals surface area contributed by atoms with Crippen molar-refractivity contribution in [1.82, 2.24) is 4.90 Å². The minimum absolute atomic E-state index is 0.737. The van der Waals surface area contributed by atoms with Crippen molar-refractivity contribution in [3.05, 3.63) is 24.3 Å². The summed E-state index contributed by atoms with van der Waals surface area (Å²) in [5.74, 6) is -0.937. The zero-order chi connectivity index (χ0) is 17.7. The van der Waals surface area contributed by atoms with E-state index >= 15 is 0 Å². The number of carboxylic acids is 2. The highest BCUT2D eigenvalue weighted by Gasteiger charge is 2.39. The lowest BCUT2D eigenvalue weighted by atomic mass is 10.0. The molecule has 3 rings (SSSR count). The van der Waals surface area contributed by atoms with Crippen LogP contribution >= 0.6 is 0 Å². The summed E-state index contributed by atoms with van der Waals surface area (Å²) in [5, 5.41) is 14.8. The number of aliphatic carboxylic acids is 2. The average molecular weight is 336 g/mol. The quantitative estimate of drug-likeness (QED) is 0.803. The van der Waals surface area contributed by atoms with Gasteiger partial charge in [-0.3, -0.25) is 0 Å². The van der Waals surface area contributed by atoms with Gasteiger partial charge in [0.05, 0.1) is 12.3 Å². The van der Waals surface area contributed by atoms with Gasteiger partial charge in [-0.25, -0.2) is 9.59 Å². The van der Waals surface area contributed by atoms with Crippen molar-refractivity contribution in [2.24, 2.45) is 11.8 Å². The maximum atomic E-state index is 9.10. The third-order valence-electron chi connectivity index (χ3n) is 4.36. The molecule has 0 aromatic heterocycles. The molecule has 2 aliphatic heterocycles. The van der Waals surface area contributed by atoms with Crippen molar-refractivity contribution < 1.29 is 24.5 Å². The summed E-state index contributed by atoms with van der Waals surface area (Å²) in [6, 6.07) is 8.44. The van der Waals surface area contributed by atoms with Gasteiger partial charge in [-0.2, -0.15) is 0 Å². The lowest BCUT2D eigenvalue weighted by Crippen LogP contribution is -2.26.